The van der Waals surface area contributed by atoms with E-state index in [1.54, 1.807) is 18.3 Å². The molecule has 154 valence electrons. The van der Waals surface area contributed by atoms with Crippen LogP contribution in [-0.2, 0) is 14.8 Å². The standard InChI is InChI=1S/C16H33N5O3S.HI/c1-6-18-14(22)16(3,4)12-19-15(17-5)20-13-8-10-21(11-9-13)25(23,24)7-2;/h13H,6-12H2,1-5H3,(H,18,22)(H2,17,19,20);1H. The highest BCUT2D eigenvalue weighted by molar-refractivity contribution is 14.0. The van der Waals surface area contributed by atoms with Gasteiger partial charge < -0.3 is 16.0 Å². The number of sulfonamides is 1. The first-order valence-electron chi connectivity index (χ1n) is 8.89. The van der Waals surface area contributed by atoms with Crippen molar-refractivity contribution >= 4 is 45.9 Å². The molecule has 0 aromatic carbocycles. The lowest BCUT2D eigenvalue weighted by Crippen LogP contribution is -2.52. The van der Waals surface area contributed by atoms with Gasteiger partial charge in [-0.2, -0.15) is 0 Å². The van der Waals surface area contributed by atoms with E-state index < -0.39 is 15.4 Å². The number of nitrogens with zero attached hydrogens (tertiary/aromatic N) is 2. The van der Waals surface area contributed by atoms with Crippen LogP contribution in [0.15, 0.2) is 4.99 Å². The van der Waals surface area contributed by atoms with Crippen molar-refractivity contribution in [1.29, 1.82) is 0 Å². The summed E-state index contributed by atoms with van der Waals surface area (Å²) in [7, 11) is -1.42. The van der Waals surface area contributed by atoms with Crippen LogP contribution >= 0.6 is 24.0 Å². The highest BCUT2D eigenvalue weighted by atomic mass is 127. The Morgan fingerprint density at radius 1 is 1.19 bits per heavy atom. The number of aliphatic imine (C=N–C) groups is 1. The number of amides is 1. The van der Waals surface area contributed by atoms with Crippen LogP contribution in [0.1, 0.15) is 40.5 Å². The molecule has 1 heterocycles. The predicted molar refractivity (Wildman–Crippen MR) is 116 cm³/mol. The summed E-state index contributed by atoms with van der Waals surface area (Å²) in [6.07, 6.45) is 1.47. The predicted octanol–water partition coefficient (Wildman–Crippen LogP) is 0.746. The van der Waals surface area contributed by atoms with Crippen molar-refractivity contribution in [2.75, 3.05) is 39.0 Å². The second-order valence-electron chi connectivity index (χ2n) is 6.89. The van der Waals surface area contributed by atoms with E-state index in [2.05, 4.69) is 20.9 Å². The molecule has 10 heteroatoms. The number of hydrogen-bond donors (Lipinski definition) is 3. The van der Waals surface area contributed by atoms with Crippen molar-refractivity contribution in [3.63, 3.8) is 0 Å². The smallest absolute Gasteiger partial charge is 0.227 e. The van der Waals surface area contributed by atoms with Crippen LogP contribution in [0.3, 0.4) is 0 Å². The van der Waals surface area contributed by atoms with Crippen molar-refractivity contribution in [1.82, 2.24) is 20.3 Å². The van der Waals surface area contributed by atoms with Crippen molar-refractivity contribution < 1.29 is 13.2 Å². The average molecular weight is 503 g/mol. The number of guanidine groups is 1. The van der Waals surface area contributed by atoms with E-state index in [0.717, 1.165) is 12.8 Å². The van der Waals surface area contributed by atoms with Crippen LogP contribution in [0.2, 0.25) is 0 Å². The van der Waals surface area contributed by atoms with Gasteiger partial charge in [0.1, 0.15) is 0 Å². The Morgan fingerprint density at radius 2 is 1.77 bits per heavy atom. The Hall–Kier alpha value is -0.620. The number of carbonyl (C=O) groups is 1. The third-order valence-electron chi connectivity index (χ3n) is 4.43. The van der Waals surface area contributed by atoms with Crippen molar-refractivity contribution in [2.24, 2.45) is 10.4 Å². The highest BCUT2D eigenvalue weighted by Crippen LogP contribution is 2.15. The molecule has 0 bridgehead atoms. The summed E-state index contributed by atoms with van der Waals surface area (Å²) >= 11 is 0. The highest BCUT2D eigenvalue weighted by Gasteiger charge is 2.29. The van der Waals surface area contributed by atoms with E-state index in [4.69, 9.17) is 0 Å². The molecule has 0 aromatic heterocycles. The summed E-state index contributed by atoms with van der Waals surface area (Å²) in [4.78, 5) is 16.2. The Morgan fingerprint density at radius 3 is 2.23 bits per heavy atom. The quantitative estimate of drug-likeness (QED) is 0.270. The normalized spacial score (nSPS) is 17.3. The molecular formula is C16H34IN5O3S. The van der Waals surface area contributed by atoms with Gasteiger partial charge in [0.25, 0.3) is 0 Å². The molecule has 3 N–H and O–H groups in total. The first-order valence-corrected chi connectivity index (χ1v) is 10.5. The lowest BCUT2D eigenvalue weighted by atomic mass is 9.92. The fourth-order valence-electron chi connectivity index (χ4n) is 2.63. The fourth-order valence-corrected chi connectivity index (χ4v) is 3.77. The summed E-state index contributed by atoms with van der Waals surface area (Å²) in [5.74, 6) is 0.772. The first kappa shape index (κ1) is 25.4. The summed E-state index contributed by atoms with van der Waals surface area (Å²) in [6, 6.07) is 0.169. The Balaban J connectivity index is 0.00000625. The Labute approximate surface area is 175 Å². The topological polar surface area (TPSA) is 103 Å². The number of rotatable bonds is 7. The maximum atomic E-state index is 12.0. The van der Waals surface area contributed by atoms with E-state index in [-0.39, 0.29) is 41.7 Å². The van der Waals surface area contributed by atoms with Gasteiger partial charge in [0.2, 0.25) is 15.9 Å². The molecule has 1 rings (SSSR count). The third-order valence-corrected chi connectivity index (χ3v) is 6.31. The summed E-state index contributed by atoms with van der Waals surface area (Å²) < 4.78 is 25.4. The van der Waals surface area contributed by atoms with Gasteiger partial charge in [-0.1, -0.05) is 0 Å². The lowest BCUT2D eigenvalue weighted by Gasteiger charge is -2.32. The number of halogens is 1. The van der Waals surface area contributed by atoms with Gasteiger partial charge in [-0.3, -0.25) is 9.79 Å². The van der Waals surface area contributed by atoms with E-state index in [0.29, 0.717) is 32.1 Å². The van der Waals surface area contributed by atoms with Crippen LogP contribution in [0.5, 0.6) is 0 Å². The molecule has 1 saturated heterocycles. The van der Waals surface area contributed by atoms with Gasteiger partial charge in [0.05, 0.1) is 11.2 Å². The van der Waals surface area contributed by atoms with Gasteiger partial charge in [-0.05, 0) is 40.5 Å². The second-order valence-corrected chi connectivity index (χ2v) is 9.14. The zero-order valence-electron chi connectivity index (χ0n) is 16.5. The van der Waals surface area contributed by atoms with Crippen molar-refractivity contribution in [2.45, 2.75) is 46.6 Å². The molecule has 1 amide bonds. The third kappa shape index (κ3) is 7.55. The fraction of sp³-hybridized carbons (Fsp3) is 0.875. The monoisotopic (exact) mass is 503 g/mol. The number of piperidine rings is 1. The van der Waals surface area contributed by atoms with E-state index in [1.165, 1.54) is 0 Å². The Kier molecular flexibility index (Phi) is 11.0. The molecule has 8 nitrogen and oxygen atoms in total. The minimum atomic E-state index is -3.11. The largest absolute Gasteiger partial charge is 0.356 e. The van der Waals surface area contributed by atoms with Gasteiger partial charge in [-0.15, -0.1) is 24.0 Å². The summed E-state index contributed by atoms with van der Waals surface area (Å²) in [5.41, 5.74) is -0.549. The molecule has 0 atom stereocenters. The molecule has 1 aliphatic rings. The summed E-state index contributed by atoms with van der Waals surface area (Å²) in [5, 5.41) is 9.35. The Bertz CT molecular complexity index is 572. The van der Waals surface area contributed by atoms with Crippen molar-refractivity contribution in [3.05, 3.63) is 0 Å². The van der Waals surface area contributed by atoms with Crippen LogP contribution < -0.4 is 16.0 Å². The zero-order chi connectivity index (χ0) is 19.1. The number of hydrogen-bond acceptors (Lipinski definition) is 4. The lowest BCUT2D eigenvalue weighted by molar-refractivity contribution is -0.128. The van der Waals surface area contributed by atoms with Gasteiger partial charge >= 0.3 is 0 Å². The van der Waals surface area contributed by atoms with Crippen LogP contribution in [0.4, 0.5) is 0 Å². The van der Waals surface area contributed by atoms with E-state index in [1.807, 2.05) is 20.8 Å². The van der Waals surface area contributed by atoms with Gasteiger partial charge in [0.15, 0.2) is 5.96 Å². The van der Waals surface area contributed by atoms with Gasteiger partial charge in [-0.25, -0.2) is 12.7 Å². The number of carbonyl (C=O) groups excluding carboxylic acids is 1. The van der Waals surface area contributed by atoms with Crippen LogP contribution in [0.25, 0.3) is 0 Å². The molecule has 0 aromatic rings. The molecule has 0 aliphatic carbocycles. The molecule has 1 aliphatic heterocycles. The molecule has 1 fully saturated rings. The minimum Gasteiger partial charge on any atom is -0.356 e. The SMILES string of the molecule is CCNC(=O)C(C)(C)CNC(=NC)NC1CCN(S(=O)(=O)CC)CC1.I. The van der Waals surface area contributed by atoms with Crippen LogP contribution in [0, 0.1) is 5.41 Å². The van der Waals surface area contributed by atoms with E-state index >= 15 is 0 Å². The van der Waals surface area contributed by atoms with Crippen molar-refractivity contribution in [3.8, 4) is 0 Å². The molecule has 0 saturated carbocycles. The molecule has 0 spiro atoms. The maximum absolute atomic E-state index is 12.0. The first-order chi connectivity index (χ1) is 11.7. The molecule has 0 radical (unpaired) electrons. The molecule has 26 heavy (non-hydrogen) atoms. The summed E-state index contributed by atoms with van der Waals surface area (Å²) in [6.45, 7) is 9.44. The van der Waals surface area contributed by atoms with Crippen LogP contribution in [-0.4, -0.2) is 69.6 Å². The van der Waals surface area contributed by atoms with Gasteiger partial charge in [0, 0.05) is 39.3 Å². The zero-order valence-corrected chi connectivity index (χ0v) is 19.6. The maximum Gasteiger partial charge on any atom is 0.227 e. The molecule has 0 unspecified atom stereocenters. The van der Waals surface area contributed by atoms with E-state index in [9.17, 15) is 13.2 Å². The minimum absolute atomic E-state index is 0. The average Bonchev–Trinajstić information content (AvgIpc) is 2.59. The number of nitrogens with one attached hydrogen (secondary N) is 3. The molecular weight excluding hydrogens is 469 g/mol. The second kappa shape index (κ2) is 11.3.